The lowest BCUT2D eigenvalue weighted by atomic mass is 9.39. The minimum absolute atomic E-state index is 0.000818. The molecule has 0 radical (unpaired) electrons. The van der Waals surface area contributed by atoms with Crippen LogP contribution in [0.15, 0.2) is 18.2 Å². The van der Waals surface area contributed by atoms with E-state index in [2.05, 4.69) is 5.32 Å². The maximum Gasteiger partial charge on any atom is 0.394 e. The summed E-state index contributed by atoms with van der Waals surface area (Å²) in [6, 6.07) is 5.90. The molecule has 3 saturated carbocycles. The van der Waals surface area contributed by atoms with E-state index in [0.717, 1.165) is 10.8 Å². The van der Waals surface area contributed by atoms with Gasteiger partial charge in [-0.1, -0.05) is 0 Å². The fourth-order valence-corrected chi connectivity index (χ4v) is 4.95. The third-order valence-corrected chi connectivity index (χ3v) is 6.53. The molecule has 1 unspecified atom stereocenters. The third-order valence-electron chi connectivity index (χ3n) is 5.82. The lowest BCUT2D eigenvalue weighted by Gasteiger charge is -2.70. The number of hydrogen-bond donors (Lipinski definition) is 1. The predicted octanol–water partition coefficient (Wildman–Crippen LogP) is 1.99. The predicted molar refractivity (Wildman–Crippen MR) is 91.3 cm³/mol. The Morgan fingerprint density at radius 2 is 1.96 bits per heavy atom. The van der Waals surface area contributed by atoms with E-state index < -0.39 is 34.3 Å². The van der Waals surface area contributed by atoms with Gasteiger partial charge in [0.1, 0.15) is 0 Å². The summed E-state index contributed by atoms with van der Waals surface area (Å²) in [7, 11) is 0. The van der Waals surface area contributed by atoms with E-state index in [1.54, 1.807) is 0 Å². The van der Waals surface area contributed by atoms with Crippen molar-refractivity contribution in [3.05, 3.63) is 29.3 Å². The molecule has 11 heteroatoms. The summed E-state index contributed by atoms with van der Waals surface area (Å²) in [5.74, 6) is -0.647. The zero-order chi connectivity index (χ0) is 20.3. The summed E-state index contributed by atoms with van der Waals surface area (Å²) in [4.78, 5) is 12.8. The number of benzene rings is 1. The second kappa shape index (κ2) is 6.17. The highest BCUT2D eigenvalue weighted by Crippen LogP contribution is 2.73. The Labute approximate surface area is 161 Å². The van der Waals surface area contributed by atoms with Gasteiger partial charge in [-0.15, -0.1) is 0 Å². The van der Waals surface area contributed by atoms with Crippen molar-refractivity contribution in [2.45, 2.75) is 37.4 Å². The van der Waals surface area contributed by atoms with E-state index in [1.807, 2.05) is 6.07 Å². The summed E-state index contributed by atoms with van der Waals surface area (Å²) in [6.07, 6.45) is -3.98. The maximum atomic E-state index is 13.0. The quantitative estimate of drug-likeness (QED) is 0.745. The van der Waals surface area contributed by atoms with E-state index in [-0.39, 0.29) is 36.1 Å². The zero-order valence-electron chi connectivity index (χ0n) is 14.6. The average molecular weight is 413 g/mol. The molecule has 1 amide bonds. The standard InChI is InChI=1S/C17H17F3N4O3S/c18-17(19,20)15-8-16(9-15,10-15)22-14(25)12-3-2-11(7-21)6-13(12)24(28(26)27)23-4-1-5-23/h2-3,6H,1,4-5,8-10H2,(H,22,25)(H,26,27)/p-1. The van der Waals surface area contributed by atoms with Gasteiger partial charge in [0.25, 0.3) is 5.91 Å². The molecule has 1 saturated heterocycles. The van der Waals surface area contributed by atoms with Gasteiger partial charge in [-0.25, -0.2) is 9.42 Å². The minimum Gasteiger partial charge on any atom is -0.754 e. The van der Waals surface area contributed by atoms with Gasteiger partial charge in [-0.05, 0) is 43.9 Å². The molecule has 150 valence electrons. The molecule has 1 atom stereocenters. The summed E-state index contributed by atoms with van der Waals surface area (Å²) >= 11 is -2.72. The second-order valence-corrected chi connectivity index (χ2v) is 8.46. The summed E-state index contributed by atoms with van der Waals surface area (Å²) < 4.78 is 63.5. The molecular formula is C17H16F3N4O3S-. The van der Waals surface area contributed by atoms with Crippen LogP contribution in [0.1, 0.15) is 41.6 Å². The molecule has 1 aromatic carbocycles. The van der Waals surface area contributed by atoms with E-state index in [0.29, 0.717) is 13.1 Å². The first kappa shape index (κ1) is 19.2. The highest BCUT2D eigenvalue weighted by Gasteiger charge is 2.79. The van der Waals surface area contributed by atoms with Crippen LogP contribution in [0.3, 0.4) is 0 Å². The number of anilines is 1. The number of halogens is 3. The molecular weight excluding hydrogens is 397 g/mol. The van der Waals surface area contributed by atoms with Crippen LogP contribution in [0.5, 0.6) is 0 Å². The van der Waals surface area contributed by atoms with Crippen LogP contribution >= 0.6 is 0 Å². The number of nitrogens with zero attached hydrogens (tertiary/aromatic N) is 3. The molecule has 3 aliphatic carbocycles. The number of hydrazine groups is 1. The molecule has 1 N–H and O–H groups in total. The van der Waals surface area contributed by atoms with Gasteiger partial charge < -0.3 is 9.87 Å². The smallest absolute Gasteiger partial charge is 0.394 e. The van der Waals surface area contributed by atoms with Crippen molar-refractivity contribution < 1.29 is 26.7 Å². The normalized spacial score (nSPS) is 29.5. The molecule has 0 spiro atoms. The number of rotatable bonds is 5. The van der Waals surface area contributed by atoms with Gasteiger partial charge >= 0.3 is 6.18 Å². The Balaban J connectivity index is 1.59. The fraction of sp³-hybridized carbons (Fsp3) is 0.529. The monoisotopic (exact) mass is 413 g/mol. The van der Waals surface area contributed by atoms with Crippen LogP contribution in [0.25, 0.3) is 0 Å². The first-order valence-corrected chi connectivity index (χ1v) is 9.71. The number of hydrogen-bond acceptors (Lipinski definition) is 5. The van der Waals surface area contributed by atoms with E-state index in [4.69, 9.17) is 5.26 Å². The summed E-state index contributed by atoms with van der Waals surface area (Å²) in [6.45, 7) is 0.952. The molecule has 7 nitrogen and oxygen atoms in total. The van der Waals surface area contributed by atoms with Gasteiger partial charge in [0.15, 0.2) is 0 Å². The van der Waals surface area contributed by atoms with Gasteiger partial charge in [0.2, 0.25) is 0 Å². The van der Waals surface area contributed by atoms with Crippen molar-refractivity contribution in [2.24, 2.45) is 5.41 Å². The van der Waals surface area contributed by atoms with E-state index >= 15 is 0 Å². The highest BCUT2D eigenvalue weighted by atomic mass is 32.2. The van der Waals surface area contributed by atoms with Crippen LogP contribution in [-0.4, -0.2) is 44.5 Å². The largest absolute Gasteiger partial charge is 0.754 e. The van der Waals surface area contributed by atoms with E-state index in [9.17, 15) is 26.7 Å². The lowest BCUT2D eigenvalue weighted by Crippen LogP contribution is -2.78. The van der Waals surface area contributed by atoms with Crippen molar-refractivity contribution in [3.8, 4) is 6.07 Å². The molecule has 1 aromatic rings. The van der Waals surface area contributed by atoms with Crippen LogP contribution in [0.2, 0.25) is 0 Å². The van der Waals surface area contributed by atoms with E-state index in [1.165, 1.54) is 23.2 Å². The van der Waals surface area contributed by atoms with Crippen LogP contribution in [-0.2, 0) is 11.3 Å². The Bertz CT molecular complexity index is 890. The number of nitriles is 1. The average Bonchev–Trinajstić information content (AvgIpc) is 2.50. The molecule has 4 aliphatic rings. The topological polar surface area (TPSA) is 99.5 Å². The van der Waals surface area contributed by atoms with Gasteiger partial charge in [0, 0.05) is 18.6 Å². The molecule has 0 aromatic heterocycles. The number of alkyl halides is 3. The van der Waals surface area contributed by atoms with Crippen molar-refractivity contribution >= 4 is 22.9 Å². The van der Waals surface area contributed by atoms with Crippen LogP contribution in [0.4, 0.5) is 18.9 Å². The maximum absolute atomic E-state index is 13.0. The molecule has 2 bridgehead atoms. The molecule has 28 heavy (non-hydrogen) atoms. The molecule has 1 heterocycles. The Hall–Kier alpha value is -2.16. The molecule has 1 aliphatic heterocycles. The Morgan fingerprint density at radius 1 is 1.32 bits per heavy atom. The zero-order valence-corrected chi connectivity index (χ0v) is 15.4. The summed E-state index contributed by atoms with van der Waals surface area (Å²) in [5, 5.41) is 13.3. The lowest BCUT2D eigenvalue weighted by molar-refractivity contribution is -0.336. The summed E-state index contributed by atoms with van der Waals surface area (Å²) in [5.41, 5.74) is -2.41. The first-order chi connectivity index (χ1) is 13.1. The fourth-order valence-electron chi connectivity index (χ4n) is 4.29. The Morgan fingerprint density at radius 3 is 2.43 bits per heavy atom. The number of nitrogens with one attached hydrogen (secondary N) is 1. The van der Waals surface area contributed by atoms with Crippen molar-refractivity contribution in [3.63, 3.8) is 0 Å². The third kappa shape index (κ3) is 2.78. The van der Waals surface area contributed by atoms with Crippen LogP contribution in [0, 0.1) is 16.7 Å². The second-order valence-electron chi connectivity index (χ2n) is 7.68. The Kier molecular flexibility index (Phi) is 4.22. The van der Waals surface area contributed by atoms with Gasteiger partial charge in [-0.3, -0.25) is 9.00 Å². The molecule has 5 rings (SSSR count). The number of carbonyl (C=O) groups excluding carboxylic acids is 1. The number of amides is 1. The van der Waals surface area contributed by atoms with Crippen molar-refractivity contribution in [2.75, 3.05) is 17.5 Å². The highest BCUT2D eigenvalue weighted by molar-refractivity contribution is 7.80. The molecule has 4 fully saturated rings. The minimum atomic E-state index is -4.28. The van der Waals surface area contributed by atoms with Gasteiger partial charge in [-0.2, -0.15) is 18.4 Å². The van der Waals surface area contributed by atoms with Gasteiger partial charge in [0.05, 0.1) is 39.6 Å². The van der Waals surface area contributed by atoms with Crippen LogP contribution < -0.4 is 9.73 Å². The first-order valence-electron chi connectivity index (χ1n) is 8.68. The SMILES string of the molecule is N#Cc1ccc(C(=O)NC23CC(C(F)(F)F)(C2)C3)c(N(N2CCC2)S(=O)[O-])c1. The van der Waals surface area contributed by atoms with Crippen molar-refractivity contribution in [1.29, 1.82) is 5.26 Å². The number of carbonyl (C=O) groups is 1. The van der Waals surface area contributed by atoms with Crippen molar-refractivity contribution in [1.82, 2.24) is 10.3 Å².